The van der Waals surface area contributed by atoms with Crippen LogP contribution in [0.2, 0.25) is 5.28 Å². The highest BCUT2D eigenvalue weighted by Gasteiger charge is 2.19. The molecule has 0 unspecified atom stereocenters. The molecule has 20 heavy (non-hydrogen) atoms. The molecule has 0 atom stereocenters. The molecule has 0 aromatic carbocycles. The highest BCUT2D eigenvalue weighted by atomic mass is 35.5. The molecule has 0 saturated carbocycles. The molecule has 0 radical (unpaired) electrons. The molecule has 0 amide bonds. The van der Waals surface area contributed by atoms with Gasteiger partial charge >= 0.3 is 0 Å². The SMILES string of the molecule is CC(C)(O)c1ccn2c(-c3ccnc(Cl)n3)cnc2n1. The van der Waals surface area contributed by atoms with E-state index >= 15 is 0 Å². The Kier molecular flexibility index (Phi) is 2.92. The van der Waals surface area contributed by atoms with Gasteiger partial charge in [0.1, 0.15) is 5.60 Å². The first-order valence-corrected chi connectivity index (χ1v) is 6.39. The van der Waals surface area contributed by atoms with Crippen molar-refractivity contribution in [2.75, 3.05) is 0 Å². The van der Waals surface area contributed by atoms with Crippen molar-refractivity contribution in [2.45, 2.75) is 19.4 Å². The molecule has 0 spiro atoms. The van der Waals surface area contributed by atoms with Crippen LogP contribution in [0.3, 0.4) is 0 Å². The molecule has 0 aliphatic carbocycles. The van der Waals surface area contributed by atoms with Crippen LogP contribution in [0.25, 0.3) is 17.2 Å². The first kappa shape index (κ1) is 13.0. The van der Waals surface area contributed by atoms with E-state index in [4.69, 9.17) is 11.6 Å². The quantitative estimate of drug-likeness (QED) is 0.731. The zero-order valence-electron chi connectivity index (χ0n) is 10.9. The third-order valence-electron chi connectivity index (χ3n) is 2.89. The fourth-order valence-electron chi connectivity index (χ4n) is 1.88. The van der Waals surface area contributed by atoms with E-state index in [-0.39, 0.29) is 5.28 Å². The van der Waals surface area contributed by atoms with E-state index in [1.807, 2.05) is 0 Å². The van der Waals surface area contributed by atoms with Crippen molar-refractivity contribution in [1.82, 2.24) is 24.3 Å². The molecule has 7 heteroatoms. The maximum Gasteiger partial charge on any atom is 0.234 e. The summed E-state index contributed by atoms with van der Waals surface area (Å²) in [6.07, 6.45) is 5.05. The normalized spacial score (nSPS) is 12.0. The average Bonchev–Trinajstić information content (AvgIpc) is 2.80. The first-order chi connectivity index (χ1) is 9.45. The third kappa shape index (κ3) is 2.23. The summed E-state index contributed by atoms with van der Waals surface area (Å²) in [5, 5.41) is 10.2. The topological polar surface area (TPSA) is 76.2 Å². The molecule has 1 N–H and O–H groups in total. The first-order valence-electron chi connectivity index (χ1n) is 6.01. The van der Waals surface area contributed by atoms with Gasteiger partial charge in [-0.05, 0) is 37.6 Å². The van der Waals surface area contributed by atoms with Crippen molar-refractivity contribution < 1.29 is 5.11 Å². The number of fused-ring (bicyclic) bond motifs is 1. The lowest BCUT2D eigenvalue weighted by Crippen LogP contribution is -2.18. The fraction of sp³-hybridized carbons (Fsp3) is 0.231. The lowest BCUT2D eigenvalue weighted by atomic mass is 10.1. The molecule has 102 valence electrons. The van der Waals surface area contributed by atoms with E-state index < -0.39 is 5.60 Å². The molecule has 3 aromatic heterocycles. The smallest absolute Gasteiger partial charge is 0.234 e. The van der Waals surface area contributed by atoms with Gasteiger partial charge in [0, 0.05) is 12.4 Å². The van der Waals surface area contributed by atoms with Gasteiger partial charge < -0.3 is 5.11 Å². The van der Waals surface area contributed by atoms with Gasteiger partial charge in [0.2, 0.25) is 11.1 Å². The Labute approximate surface area is 120 Å². The van der Waals surface area contributed by atoms with Crippen molar-refractivity contribution in [2.24, 2.45) is 0 Å². The predicted molar refractivity (Wildman–Crippen MR) is 74.3 cm³/mol. The Hall–Kier alpha value is -2.05. The molecular weight excluding hydrogens is 278 g/mol. The minimum Gasteiger partial charge on any atom is -0.384 e. The van der Waals surface area contributed by atoms with Crippen molar-refractivity contribution in [3.05, 3.63) is 41.7 Å². The summed E-state index contributed by atoms with van der Waals surface area (Å²) in [5.74, 6) is 0.495. The van der Waals surface area contributed by atoms with E-state index in [0.29, 0.717) is 17.2 Å². The Balaban J connectivity index is 2.15. The van der Waals surface area contributed by atoms with Crippen LogP contribution in [0.1, 0.15) is 19.5 Å². The third-order valence-corrected chi connectivity index (χ3v) is 3.08. The molecule has 0 saturated heterocycles. The lowest BCUT2D eigenvalue weighted by molar-refractivity contribution is 0.0739. The summed E-state index contributed by atoms with van der Waals surface area (Å²) in [5.41, 5.74) is 0.976. The minimum absolute atomic E-state index is 0.179. The van der Waals surface area contributed by atoms with Crippen LogP contribution in [0.5, 0.6) is 0 Å². The van der Waals surface area contributed by atoms with Crippen molar-refractivity contribution in [1.29, 1.82) is 0 Å². The number of imidazole rings is 1. The Bertz CT molecular complexity index is 778. The van der Waals surface area contributed by atoms with Crippen LogP contribution in [0.4, 0.5) is 0 Å². The van der Waals surface area contributed by atoms with Gasteiger partial charge in [-0.3, -0.25) is 4.40 Å². The highest BCUT2D eigenvalue weighted by Crippen LogP contribution is 2.22. The Morgan fingerprint density at radius 3 is 2.70 bits per heavy atom. The zero-order valence-corrected chi connectivity index (χ0v) is 11.7. The predicted octanol–water partition coefficient (Wildman–Crippen LogP) is 2.07. The number of aliphatic hydroxyl groups is 1. The molecular formula is C13H12ClN5O. The minimum atomic E-state index is -1.01. The Morgan fingerprint density at radius 2 is 2.00 bits per heavy atom. The van der Waals surface area contributed by atoms with E-state index in [2.05, 4.69) is 19.9 Å². The second-order valence-corrected chi connectivity index (χ2v) is 5.23. The van der Waals surface area contributed by atoms with E-state index in [1.165, 1.54) is 0 Å². The van der Waals surface area contributed by atoms with E-state index in [9.17, 15) is 5.11 Å². The van der Waals surface area contributed by atoms with Gasteiger partial charge in [-0.25, -0.2) is 19.9 Å². The molecule has 3 heterocycles. The highest BCUT2D eigenvalue weighted by molar-refractivity contribution is 6.28. The van der Waals surface area contributed by atoms with Gasteiger partial charge in [-0.15, -0.1) is 0 Å². The summed E-state index contributed by atoms with van der Waals surface area (Å²) >= 11 is 5.80. The molecule has 6 nitrogen and oxygen atoms in total. The van der Waals surface area contributed by atoms with Gasteiger partial charge in [-0.1, -0.05) is 0 Å². The summed E-state index contributed by atoms with van der Waals surface area (Å²) < 4.78 is 1.79. The van der Waals surface area contributed by atoms with E-state index in [0.717, 1.165) is 5.69 Å². The molecule has 0 aliphatic heterocycles. The summed E-state index contributed by atoms with van der Waals surface area (Å²) in [7, 11) is 0. The van der Waals surface area contributed by atoms with Crippen molar-refractivity contribution >= 4 is 17.4 Å². The molecule has 3 rings (SSSR count). The van der Waals surface area contributed by atoms with Gasteiger partial charge in [-0.2, -0.15) is 0 Å². The van der Waals surface area contributed by atoms with Crippen LogP contribution in [-0.4, -0.2) is 29.4 Å². The number of rotatable bonds is 2. The summed E-state index contributed by atoms with van der Waals surface area (Å²) in [6, 6.07) is 3.50. The number of aromatic nitrogens is 5. The van der Waals surface area contributed by atoms with Gasteiger partial charge in [0.05, 0.1) is 23.3 Å². The standard InChI is InChI=1S/C13H12ClN5O/c1-13(2,20)10-4-6-19-9(7-16-12(19)18-10)8-3-5-15-11(14)17-8/h3-7,20H,1-2H3. The Morgan fingerprint density at radius 1 is 1.20 bits per heavy atom. The second kappa shape index (κ2) is 4.50. The average molecular weight is 290 g/mol. The van der Waals surface area contributed by atoms with Gasteiger partial charge in [0.15, 0.2) is 0 Å². The summed E-state index contributed by atoms with van der Waals surface area (Å²) in [6.45, 7) is 3.36. The van der Waals surface area contributed by atoms with Crippen molar-refractivity contribution in [3.8, 4) is 11.4 Å². The molecule has 0 aliphatic rings. The van der Waals surface area contributed by atoms with Crippen LogP contribution in [-0.2, 0) is 5.60 Å². The number of halogens is 1. The maximum absolute atomic E-state index is 9.97. The van der Waals surface area contributed by atoms with E-state index in [1.54, 1.807) is 49.0 Å². The molecule has 0 bridgehead atoms. The van der Waals surface area contributed by atoms with Crippen molar-refractivity contribution in [3.63, 3.8) is 0 Å². The summed E-state index contributed by atoms with van der Waals surface area (Å²) in [4.78, 5) is 16.6. The lowest BCUT2D eigenvalue weighted by Gasteiger charge is -2.16. The maximum atomic E-state index is 9.97. The molecule has 3 aromatic rings. The van der Waals surface area contributed by atoms with Crippen LogP contribution in [0.15, 0.2) is 30.7 Å². The largest absolute Gasteiger partial charge is 0.384 e. The van der Waals surface area contributed by atoms with Gasteiger partial charge in [0.25, 0.3) is 0 Å². The zero-order chi connectivity index (χ0) is 14.3. The fourth-order valence-corrected chi connectivity index (χ4v) is 2.03. The van der Waals surface area contributed by atoms with Crippen LogP contribution >= 0.6 is 11.6 Å². The van der Waals surface area contributed by atoms with Crippen LogP contribution in [0, 0.1) is 0 Å². The molecule has 0 fully saturated rings. The second-order valence-electron chi connectivity index (χ2n) is 4.90. The van der Waals surface area contributed by atoms with Crippen LogP contribution < -0.4 is 0 Å². The number of hydrogen-bond donors (Lipinski definition) is 1. The monoisotopic (exact) mass is 289 g/mol. The number of nitrogens with zero attached hydrogens (tertiary/aromatic N) is 5. The number of hydrogen-bond acceptors (Lipinski definition) is 5.